The van der Waals surface area contributed by atoms with Crippen LogP contribution in [0.4, 0.5) is 0 Å². The van der Waals surface area contributed by atoms with Crippen LogP contribution >= 0.6 is 0 Å². The molecule has 0 saturated heterocycles. The fourth-order valence-corrected chi connectivity index (χ4v) is 2.12. The largest absolute Gasteiger partial charge is 0.772 e. The Morgan fingerprint density at radius 3 is 2.31 bits per heavy atom. The lowest BCUT2D eigenvalue weighted by Gasteiger charge is -2.16. The summed E-state index contributed by atoms with van der Waals surface area (Å²) in [6.07, 6.45) is 6.83. The van der Waals surface area contributed by atoms with Gasteiger partial charge >= 0.3 is 0 Å². The van der Waals surface area contributed by atoms with E-state index in [4.69, 9.17) is 0 Å². The van der Waals surface area contributed by atoms with Crippen molar-refractivity contribution in [3.63, 3.8) is 0 Å². The Kier molecular flexibility index (Phi) is 8.77. The van der Waals surface area contributed by atoms with Gasteiger partial charge in [0.1, 0.15) is 0 Å². The molecule has 80 valence electrons. The molecule has 0 aliphatic heterocycles. The van der Waals surface area contributed by atoms with E-state index in [2.05, 4.69) is 13.8 Å². The first kappa shape index (κ1) is 13.1. The first-order valence-corrected chi connectivity index (χ1v) is 6.50. The average Bonchev–Trinajstić information content (AvgIpc) is 2.09. The van der Waals surface area contributed by atoms with Crippen molar-refractivity contribution < 1.29 is 8.76 Å². The lowest BCUT2D eigenvalue weighted by molar-refractivity contribution is 0.414. The molecule has 0 aromatic carbocycles. The molecule has 0 N–H and O–H groups in total. The van der Waals surface area contributed by atoms with Crippen molar-refractivity contribution >= 4 is 11.1 Å². The van der Waals surface area contributed by atoms with Crippen molar-refractivity contribution in [2.45, 2.75) is 52.4 Å². The van der Waals surface area contributed by atoms with Crippen LogP contribution in [0.5, 0.6) is 0 Å². The van der Waals surface area contributed by atoms with E-state index in [0.717, 1.165) is 6.42 Å². The summed E-state index contributed by atoms with van der Waals surface area (Å²) in [5, 5.41) is 0. The molecule has 2 nitrogen and oxygen atoms in total. The summed E-state index contributed by atoms with van der Waals surface area (Å²) in [7, 11) is 0. The first-order chi connectivity index (χ1) is 6.20. The molecule has 0 bridgehead atoms. The van der Waals surface area contributed by atoms with Crippen LogP contribution in [-0.2, 0) is 11.1 Å². The minimum atomic E-state index is -1.85. The van der Waals surface area contributed by atoms with Crippen molar-refractivity contribution in [2.75, 3.05) is 5.75 Å². The maximum Gasteiger partial charge on any atom is 0.0104 e. The lowest BCUT2D eigenvalue weighted by atomic mass is 9.95. The molecule has 0 saturated carbocycles. The number of hydrogen-bond donors (Lipinski definition) is 0. The molecule has 2 unspecified atom stereocenters. The van der Waals surface area contributed by atoms with Gasteiger partial charge in [0.05, 0.1) is 0 Å². The van der Waals surface area contributed by atoms with Gasteiger partial charge in [0.25, 0.3) is 0 Å². The quantitative estimate of drug-likeness (QED) is 0.572. The predicted molar refractivity (Wildman–Crippen MR) is 56.3 cm³/mol. The van der Waals surface area contributed by atoms with Crippen LogP contribution in [0.3, 0.4) is 0 Å². The fourth-order valence-electron chi connectivity index (χ4n) is 1.60. The Bertz CT molecular complexity index is 137. The maximum atomic E-state index is 10.4. The van der Waals surface area contributed by atoms with E-state index >= 15 is 0 Å². The summed E-state index contributed by atoms with van der Waals surface area (Å²) < 4.78 is 20.8. The summed E-state index contributed by atoms with van der Waals surface area (Å²) in [5.74, 6) is 0.969. The van der Waals surface area contributed by atoms with Crippen LogP contribution in [0.25, 0.3) is 0 Å². The van der Waals surface area contributed by atoms with E-state index in [-0.39, 0.29) is 0 Å². The van der Waals surface area contributed by atoms with Gasteiger partial charge in [-0.25, -0.2) is 0 Å². The standard InChI is InChI=1S/C10H22O2S/c1-3-5-7-10(6-4-2)8-9-13(11)12/h10H,3-9H2,1-2H3,(H,11,12)/p-1. The second-order valence-corrected chi connectivity index (χ2v) is 4.61. The Balaban J connectivity index is 3.59. The zero-order valence-corrected chi connectivity index (χ0v) is 9.57. The van der Waals surface area contributed by atoms with E-state index in [9.17, 15) is 8.76 Å². The van der Waals surface area contributed by atoms with Crippen LogP contribution in [0.2, 0.25) is 0 Å². The Hall–Kier alpha value is 0.110. The van der Waals surface area contributed by atoms with Crippen molar-refractivity contribution in [2.24, 2.45) is 5.92 Å². The monoisotopic (exact) mass is 205 g/mol. The number of rotatable bonds is 8. The molecule has 2 atom stereocenters. The van der Waals surface area contributed by atoms with Gasteiger partial charge in [0.15, 0.2) is 0 Å². The molecule has 3 heteroatoms. The molecular formula is C10H21O2S-. The zero-order chi connectivity index (χ0) is 10.1. The van der Waals surface area contributed by atoms with E-state index in [1.807, 2.05) is 0 Å². The maximum absolute atomic E-state index is 10.4. The van der Waals surface area contributed by atoms with Gasteiger partial charge in [-0.2, -0.15) is 0 Å². The van der Waals surface area contributed by atoms with Gasteiger partial charge in [-0.1, -0.05) is 57.0 Å². The van der Waals surface area contributed by atoms with Crippen molar-refractivity contribution in [1.29, 1.82) is 0 Å². The van der Waals surface area contributed by atoms with Crippen LogP contribution in [0, 0.1) is 5.92 Å². The molecule has 0 rings (SSSR count). The summed E-state index contributed by atoms with van der Waals surface area (Å²) in [5.41, 5.74) is 0. The molecule has 0 heterocycles. The fraction of sp³-hybridized carbons (Fsp3) is 1.00. The van der Waals surface area contributed by atoms with Gasteiger partial charge in [-0.05, 0) is 12.3 Å². The van der Waals surface area contributed by atoms with Crippen LogP contribution in [0.1, 0.15) is 52.4 Å². The molecule has 0 radical (unpaired) electrons. The van der Waals surface area contributed by atoms with Crippen molar-refractivity contribution in [1.82, 2.24) is 0 Å². The molecule has 0 aliphatic rings. The molecule has 0 aromatic heterocycles. The van der Waals surface area contributed by atoms with Gasteiger partial charge in [-0.15, -0.1) is 0 Å². The molecule has 13 heavy (non-hydrogen) atoms. The molecule has 0 aliphatic carbocycles. The normalized spacial score (nSPS) is 15.6. The zero-order valence-electron chi connectivity index (χ0n) is 8.75. The highest BCUT2D eigenvalue weighted by atomic mass is 32.2. The topological polar surface area (TPSA) is 40.1 Å². The SMILES string of the molecule is CCCCC(CCC)CCS(=O)[O-]. The summed E-state index contributed by atoms with van der Waals surface area (Å²) in [6.45, 7) is 4.34. The molecule has 0 fully saturated rings. The van der Waals surface area contributed by atoms with Crippen molar-refractivity contribution in [3.05, 3.63) is 0 Å². The third kappa shape index (κ3) is 8.44. The molecule has 0 amide bonds. The second kappa shape index (κ2) is 8.70. The van der Waals surface area contributed by atoms with Crippen molar-refractivity contribution in [3.8, 4) is 0 Å². The third-order valence-corrected chi connectivity index (χ3v) is 2.92. The summed E-state index contributed by atoms with van der Waals surface area (Å²) >= 11 is -1.85. The molecule has 0 aromatic rings. The third-order valence-electron chi connectivity index (χ3n) is 2.36. The van der Waals surface area contributed by atoms with Gasteiger partial charge in [0.2, 0.25) is 0 Å². The minimum absolute atomic E-state index is 0.342. The smallest absolute Gasteiger partial charge is 0.0104 e. The lowest BCUT2D eigenvalue weighted by Crippen LogP contribution is -2.06. The highest BCUT2D eigenvalue weighted by Gasteiger charge is 2.06. The summed E-state index contributed by atoms with van der Waals surface area (Å²) in [6, 6.07) is 0. The predicted octanol–water partition coefficient (Wildman–Crippen LogP) is 2.86. The van der Waals surface area contributed by atoms with E-state index in [1.165, 1.54) is 32.1 Å². The van der Waals surface area contributed by atoms with Crippen LogP contribution in [-0.4, -0.2) is 14.5 Å². The van der Waals surface area contributed by atoms with Crippen LogP contribution in [0.15, 0.2) is 0 Å². The van der Waals surface area contributed by atoms with Crippen LogP contribution < -0.4 is 0 Å². The second-order valence-electron chi connectivity index (χ2n) is 3.59. The Morgan fingerprint density at radius 2 is 1.85 bits per heavy atom. The Morgan fingerprint density at radius 1 is 1.15 bits per heavy atom. The van der Waals surface area contributed by atoms with Gasteiger partial charge in [-0.3, -0.25) is 4.21 Å². The minimum Gasteiger partial charge on any atom is -0.772 e. The first-order valence-electron chi connectivity index (χ1n) is 5.26. The highest BCUT2D eigenvalue weighted by Crippen LogP contribution is 2.18. The Labute approximate surface area is 84.4 Å². The van der Waals surface area contributed by atoms with Gasteiger partial charge < -0.3 is 4.55 Å². The molecular weight excluding hydrogens is 184 g/mol. The van der Waals surface area contributed by atoms with E-state index < -0.39 is 11.1 Å². The van der Waals surface area contributed by atoms with Gasteiger partial charge in [0, 0.05) is 5.75 Å². The van der Waals surface area contributed by atoms with E-state index in [0.29, 0.717) is 11.7 Å². The number of unbranched alkanes of at least 4 members (excludes halogenated alkanes) is 1. The number of hydrogen-bond acceptors (Lipinski definition) is 2. The average molecular weight is 205 g/mol. The molecule has 0 spiro atoms. The highest BCUT2D eigenvalue weighted by molar-refractivity contribution is 7.79. The van der Waals surface area contributed by atoms with E-state index in [1.54, 1.807) is 0 Å². The summed E-state index contributed by atoms with van der Waals surface area (Å²) in [4.78, 5) is 0.